The van der Waals surface area contributed by atoms with Gasteiger partial charge in [0.2, 0.25) is 23.6 Å². The summed E-state index contributed by atoms with van der Waals surface area (Å²) in [6.07, 6.45) is 2.75. The summed E-state index contributed by atoms with van der Waals surface area (Å²) in [5.41, 5.74) is 4.49. The van der Waals surface area contributed by atoms with Crippen molar-refractivity contribution in [1.29, 1.82) is 0 Å². The third-order valence-electron chi connectivity index (χ3n) is 6.81. The van der Waals surface area contributed by atoms with Crippen LogP contribution in [-0.4, -0.2) is 96.6 Å². The van der Waals surface area contributed by atoms with Crippen molar-refractivity contribution in [1.82, 2.24) is 20.9 Å². The quantitative estimate of drug-likeness (QED) is 0.100. The van der Waals surface area contributed by atoms with Crippen LogP contribution in [0.25, 0.3) is 0 Å². The van der Waals surface area contributed by atoms with Gasteiger partial charge in [-0.2, -0.15) is 0 Å². The van der Waals surface area contributed by atoms with Gasteiger partial charge >= 0.3 is 18.0 Å². The molecule has 1 saturated heterocycles. The maximum atomic E-state index is 13.8. The standard InChI is InChI=1S/C31H51N5O10/c1-8-45-25(38)14-10-9-12-20(35-30(43)46-31(4,5)6)26(39)33-21(15-16-24(32)37)28(41)36-17-11-13-23(36)27(40)34-22(18-19(2)3)29(42)44-7/h10,14,19-23H,8-9,11-13,15-18H2,1-7H3,(H2,32,37)(H,33,39)(H,34,40)(H,35,43)/b14-10-/t20-,21?,22?,23-/m0/s1. The van der Waals surface area contributed by atoms with E-state index in [1.807, 2.05) is 13.8 Å². The van der Waals surface area contributed by atoms with Crippen molar-refractivity contribution >= 4 is 41.7 Å². The summed E-state index contributed by atoms with van der Waals surface area (Å²) < 4.78 is 15.0. The summed E-state index contributed by atoms with van der Waals surface area (Å²) in [6.45, 7) is 10.8. The highest BCUT2D eigenvalue weighted by Crippen LogP contribution is 2.21. The smallest absolute Gasteiger partial charge is 0.408 e. The van der Waals surface area contributed by atoms with Gasteiger partial charge in [0, 0.05) is 19.0 Å². The Balaban J connectivity index is 3.20. The Kier molecular flexibility index (Phi) is 16.8. The van der Waals surface area contributed by atoms with E-state index in [4.69, 9.17) is 19.9 Å². The number of hydrogen-bond donors (Lipinski definition) is 4. The van der Waals surface area contributed by atoms with Crippen molar-refractivity contribution in [3.63, 3.8) is 0 Å². The van der Waals surface area contributed by atoms with Crippen LogP contribution < -0.4 is 21.7 Å². The molecule has 0 saturated carbocycles. The van der Waals surface area contributed by atoms with E-state index < -0.39 is 71.4 Å². The molecule has 1 fully saturated rings. The maximum Gasteiger partial charge on any atom is 0.408 e. The molecule has 46 heavy (non-hydrogen) atoms. The lowest BCUT2D eigenvalue weighted by atomic mass is 10.0. The first kappa shape index (κ1) is 39.9. The zero-order chi connectivity index (χ0) is 35.0. The predicted octanol–water partition coefficient (Wildman–Crippen LogP) is 1.22. The van der Waals surface area contributed by atoms with Crippen LogP contribution in [0.2, 0.25) is 0 Å². The van der Waals surface area contributed by atoms with Gasteiger partial charge in [-0.1, -0.05) is 19.9 Å². The van der Waals surface area contributed by atoms with Crippen LogP contribution in [0.5, 0.6) is 0 Å². The number of alkyl carbamates (subject to hydrolysis) is 1. The SMILES string of the molecule is CCOC(=O)/C=C\CC[C@H](NC(=O)OC(C)(C)C)C(=O)NC(CCC(N)=O)C(=O)N1CCC[C@H]1C(=O)NC(CC(C)C)C(=O)OC. The van der Waals surface area contributed by atoms with Crippen LogP contribution >= 0.6 is 0 Å². The molecule has 1 heterocycles. The molecule has 0 aromatic heterocycles. The van der Waals surface area contributed by atoms with Gasteiger partial charge in [-0.15, -0.1) is 0 Å². The number of nitrogens with two attached hydrogens (primary N) is 1. The van der Waals surface area contributed by atoms with Gasteiger partial charge in [-0.05, 0) is 72.1 Å². The number of hydrogen-bond acceptors (Lipinski definition) is 10. The van der Waals surface area contributed by atoms with Crippen LogP contribution in [0.1, 0.15) is 86.5 Å². The van der Waals surface area contributed by atoms with Crippen molar-refractivity contribution in [3.8, 4) is 0 Å². The zero-order valence-corrected chi connectivity index (χ0v) is 28.0. The van der Waals surface area contributed by atoms with E-state index in [1.165, 1.54) is 24.2 Å². The van der Waals surface area contributed by atoms with Gasteiger partial charge in [-0.25, -0.2) is 14.4 Å². The monoisotopic (exact) mass is 653 g/mol. The number of allylic oxidation sites excluding steroid dienone is 1. The molecule has 2 unspecified atom stereocenters. The number of esters is 2. The number of nitrogens with zero attached hydrogens (tertiary/aromatic N) is 1. The molecule has 260 valence electrons. The lowest BCUT2D eigenvalue weighted by Gasteiger charge is -2.30. The average Bonchev–Trinajstić information content (AvgIpc) is 3.44. The molecule has 0 spiro atoms. The molecule has 1 aliphatic rings. The van der Waals surface area contributed by atoms with Crippen molar-refractivity contribution < 1.29 is 47.8 Å². The number of likely N-dealkylation sites (tertiary alicyclic amines) is 1. The zero-order valence-electron chi connectivity index (χ0n) is 28.0. The summed E-state index contributed by atoms with van der Waals surface area (Å²) in [5.74, 6) is -3.71. The predicted molar refractivity (Wildman–Crippen MR) is 167 cm³/mol. The molecule has 5 amide bonds. The Hall–Kier alpha value is -4.17. The van der Waals surface area contributed by atoms with Crippen molar-refractivity contribution in [2.24, 2.45) is 11.7 Å². The Bertz CT molecular complexity index is 1120. The molecule has 0 aliphatic carbocycles. The third-order valence-corrected chi connectivity index (χ3v) is 6.81. The second-order valence-electron chi connectivity index (χ2n) is 12.4. The Morgan fingerprint density at radius 3 is 2.22 bits per heavy atom. The average molecular weight is 654 g/mol. The summed E-state index contributed by atoms with van der Waals surface area (Å²) in [6, 6.07) is -4.29. The maximum absolute atomic E-state index is 13.8. The fourth-order valence-electron chi connectivity index (χ4n) is 4.77. The number of amides is 5. The van der Waals surface area contributed by atoms with Crippen molar-refractivity contribution in [3.05, 3.63) is 12.2 Å². The van der Waals surface area contributed by atoms with E-state index in [9.17, 15) is 33.6 Å². The lowest BCUT2D eigenvalue weighted by Crippen LogP contribution is -2.57. The molecular formula is C31H51N5O10. The van der Waals surface area contributed by atoms with Gasteiger partial charge in [0.1, 0.15) is 29.8 Å². The van der Waals surface area contributed by atoms with E-state index in [0.717, 1.165) is 0 Å². The van der Waals surface area contributed by atoms with E-state index in [0.29, 0.717) is 19.3 Å². The molecule has 15 nitrogen and oxygen atoms in total. The van der Waals surface area contributed by atoms with Gasteiger partial charge in [0.25, 0.3) is 0 Å². The second-order valence-corrected chi connectivity index (χ2v) is 12.4. The van der Waals surface area contributed by atoms with E-state index in [-0.39, 0.29) is 44.8 Å². The highest BCUT2D eigenvalue weighted by molar-refractivity contribution is 5.95. The summed E-state index contributed by atoms with van der Waals surface area (Å²) in [5, 5.41) is 7.80. The highest BCUT2D eigenvalue weighted by Gasteiger charge is 2.39. The van der Waals surface area contributed by atoms with E-state index >= 15 is 0 Å². The number of primary amides is 1. The van der Waals surface area contributed by atoms with Crippen LogP contribution in [0.4, 0.5) is 4.79 Å². The number of nitrogens with one attached hydrogen (secondary N) is 3. The van der Waals surface area contributed by atoms with Crippen LogP contribution in [-0.2, 0) is 43.0 Å². The van der Waals surface area contributed by atoms with Crippen LogP contribution in [0.15, 0.2) is 12.2 Å². The number of ether oxygens (including phenoxy) is 3. The highest BCUT2D eigenvalue weighted by atomic mass is 16.6. The first-order valence-corrected chi connectivity index (χ1v) is 15.6. The number of carbonyl (C=O) groups is 7. The third kappa shape index (κ3) is 14.7. The van der Waals surface area contributed by atoms with Gasteiger partial charge in [0.15, 0.2) is 0 Å². The van der Waals surface area contributed by atoms with E-state index in [1.54, 1.807) is 27.7 Å². The second kappa shape index (κ2) is 19.4. The van der Waals surface area contributed by atoms with E-state index in [2.05, 4.69) is 16.0 Å². The largest absolute Gasteiger partial charge is 0.467 e. The molecule has 0 bridgehead atoms. The topological polar surface area (TPSA) is 213 Å². The minimum atomic E-state index is -1.27. The normalized spacial score (nSPS) is 16.7. The van der Waals surface area contributed by atoms with Gasteiger partial charge in [-0.3, -0.25) is 19.2 Å². The fourth-order valence-corrected chi connectivity index (χ4v) is 4.77. The molecule has 1 rings (SSSR count). The minimum Gasteiger partial charge on any atom is -0.467 e. The molecule has 5 N–H and O–H groups in total. The van der Waals surface area contributed by atoms with Crippen LogP contribution in [0.3, 0.4) is 0 Å². The fraction of sp³-hybridized carbons (Fsp3) is 0.710. The molecular weight excluding hydrogens is 602 g/mol. The number of methoxy groups -OCH3 is 1. The first-order valence-electron chi connectivity index (χ1n) is 15.6. The van der Waals surface area contributed by atoms with Crippen molar-refractivity contribution in [2.75, 3.05) is 20.3 Å². The van der Waals surface area contributed by atoms with Gasteiger partial charge < -0.3 is 40.8 Å². The minimum absolute atomic E-state index is 0.0250. The summed E-state index contributed by atoms with van der Waals surface area (Å²) >= 11 is 0. The summed E-state index contributed by atoms with van der Waals surface area (Å²) in [4.78, 5) is 90.1. The van der Waals surface area contributed by atoms with Crippen LogP contribution in [0, 0.1) is 5.92 Å². The molecule has 4 atom stereocenters. The molecule has 0 aromatic carbocycles. The Morgan fingerprint density at radius 1 is 0.978 bits per heavy atom. The lowest BCUT2D eigenvalue weighted by molar-refractivity contribution is -0.147. The number of rotatable bonds is 17. The molecule has 15 heteroatoms. The molecule has 0 aromatic rings. The Labute approximate surface area is 270 Å². The van der Waals surface area contributed by atoms with Crippen molar-refractivity contribution in [2.45, 2.75) is 116 Å². The first-order chi connectivity index (χ1) is 21.5. The summed E-state index contributed by atoms with van der Waals surface area (Å²) in [7, 11) is 1.22. The Morgan fingerprint density at radius 2 is 1.65 bits per heavy atom. The molecule has 1 aliphatic heterocycles. The number of carbonyl (C=O) groups excluding carboxylic acids is 7. The van der Waals surface area contributed by atoms with Gasteiger partial charge in [0.05, 0.1) is 13.7 Å². The molecule has 0 radical (unpaired) electrons.